The molecule has 0 amide bonds. The molecule has 0 spiro atoms. The van der Waals surface area contributed by atoms with Gasteiger partial charge in [-0.2, -0.15) is 0 Å². The van der Waals surface area contributed by atoms with Crippen molar-refractivity contribution in [3.05, 3.63) is 0 Å². The van der Waals surface area contributed by atoms with E-state index in [9.17, 15) is 43.2 Å². The summed E-state index contributed by atoms with van der Waals surface area (Å²) in [5.74, 6) is -1.36. The number of esters is 4. The Hall–Kier alpha value is -1.94. The summed E-state index contributed by atoms with van der Waals surface area (Å²) in [5, 5.41) is 10.5. The fraction of sp³-hybridized carbons (Fsp3) is 0.941. The normalized spacial score (nSPS) is 14.1. The van der Waals surface area contributed by atoms with E-state index in [2.05, 4.69) is 34.6 Å². The van der Waals surface area contributed by atoms with Crippen molar-refractivity contribution < 1.29 is 80.2 Å². The number of aliphatic hydroxyl groups excluding tert-OH is 1. The zero-order chi connectivity index (χ0) is 64.2. The molecule has 0 bridgehead atoms. The van der Waals surface area contributed by atoms with Gasteiger partial charge in [-0.3, -0.25) is 37.3 Å². The minimum Gasteiger partial charge on any atom is -0.462 e. The Morgan fingerprint density at radius 3 is 0.782 bits per heavy atom. The second-order valence-corrected chi connectivity index (χ2v) is 27.9. The van der Waals surface area contributed by atoms with E-state index in [1.165, 1.54) is 167 Å². The van der Waals surface area contributed by atoms with Gasteiger partial charge in [0, 0.05) is 25.7 Å². The highest BCUT2D eigenvalue weighted by Crippen LogP contribution is 2.45. The summed E-state index contributed by atoms with van der Waals surface area (Å²) in [4.78, 5) is 71.8. The van der Waals surface area contributed by atoms with Crippen molar-refractivity contribution in [2.75, 3.05) is 39.6 Å². The number of unbranched alkanes of at least 4 members (excludes halogenated alkanes) is 40. The number of aliphatic hydroxyl groups is 1. The summed E-state index contributed by atoms with van der Waals surface area (Å²) in [7, 11) is -9.87. The molecule has 0 aliphatic rings. The zero-order valence-electron chi connectivity index (χ0n) is 56.2. The van der Waals surface area contributed by atoms with Crippen molar-refractivity contribution >= 4 is 39.5 Å². The van der Waals surface area contributed by atoms with Crippen LogP contribution in [0.1, 0.15) is 349 Å². The summed E-state index contributed by atoms with van der Waals surface area (Å²) in [6, 6.07) is 0. The molecular formula is C68H132O17P2. The summed E-state index contributed by atoms with van der Waals surface area (Å²) in [6.45, 7) is 7.06. The summed E-state index contributed by atoms with van der Waals surface area (Å²) in [5.41, 5.74) is 0. The summed E-state index contributed by atoms with van der Waals surface area (Å²) in [6.07, 6.45) is 48.3. The van der Waals surface area contributed by atoms with E-state index in [0.717, 1.165) is 102 Å². The third-order valence-electron chi connectivity index (χ3n) is 15.8. The number of phosphoric ester groups is 2. The number of hydrogen-bond donors (Lipinski definition) is 3. The van der Waals surface area contributed by atoms with Gasteiger partial charge in [0.2, 0.25) is 0 Å². The molecule has 0 saturated heterocycles. The topological polar surface area (TPSA) is 237 Å². The molecule has 5 atom stereocenters. The van der Waals surface area contributed by atoms with Gasteiger partial charge in [-0.25, -0.2) is 9.13 Å². The Labute approximate surface area is 530 Å². The number of carbonyl (C=O) groups excluding carboxylic acids is 4. The van der Waals surface area contributed by atoms with Gasteiger partial charge in [0.15, 0.2) is 12.2 Å². The molecule has 0 radical (unpaired) electrons. The maximum Gasteiger partial charge on any atom is 0.472 e. The van der Waals surface area contributed by atoms with Crippen molar-refractivity contribution in [1.82, 2.24) is 0 Å². The molecule has 2 unspecified atom stereocenters. The molecule has 0 saturated carbocycles. The first-order chi connectivity index (χ1) is 42.0. The largest absolute Gasteiger partial charge is 0.472 e. The first-order valence-electron chi connectivity index (χ1n) is 35.6. The lowest BCUT2D eigenvalue weighted by atomic mass is 10.0. The maximum absolute atomic E-state index is 13.0. The highest BCUT2D eigenvalue weighted by Gasteiger charge is 2.30. The first kappa shape index (κ1) is 85.1. The Morgan fingerprint density at radius 1 is 0.310 bits per heavy atom. The van der Waals surface area contributed by atoms with E-state index in [1.54, 1.807) is 0 Å². The van der Waals surface area contributed by atoms with Crippen LogP contribution >= 0.6 is 15.6 Å². The van der Waals surface area contributed by atoms with Gasteiger partial charge in [-0.1, -0.05) is 298 Å². The molecule has 0 aliphatic carbocycles. The quantitative estimate of drug-likeness (QED) is 0.0222. The fourth-order valence-corrected chi connectivity index (χ4v) is 11.9. The molecule has 0 aromatic rings. The molecule has 516 valence electrons. The highest BCUT2D eigenvalue weighted by molar-refractivity contribution is 7.47. The van der Waals surface area contributed by atoms with Crippen LogP contribution in [0.25, 0.3) is 0 Å². The molecule has 0 rings (SSSR count). The smallest absolute Gasteiger partial charge is 0.462 e. The highest BCUT2D eigenvalue weighted by atomic mass is 31.2. The van der Waals surface area contributed by atoms with Crippen LogP contribution in [0.5, 0.6) is 0 Å². The molecular weight excluding hydrogens is 1150 g/mol. The lowest BCUT2D eigenvalue weighted by molar-refractivity contribution is -0.161. The van der Waals surface area contributed by atoms with Crippen molar-refractivity contribution in [1.29, 1.82) is 0 Å². The Balaban J connectivity index is 5.04. The van der Waals surface area contributed by atoms with Crippen LogP contribution in [0.15, 0.2) is 0 Å². The van der Waals surface area contributed by atoms with E-state index in [1.807, 2.05) is 0 Å². The molecule has 3 N–H and O–H groups in total. The van der Waals surface area contributed by atoms with Crippen LogP contribution in [0.3, 0.4) is 0 Å². The molecule has 0 aromatic heterocycles. The van der Waals surface area contributed by atoms with E-state index in [4.69, 9.17) is 37.0 Å². The Morgan fingerprint density at radius 2 is 0.529 bits per heavy atom. The minimum absolute atomic E-state index is 0.0990. The number of ether oxygens (including phenoxy) is 4. The average Bonchev–Trinajstić information content (AvgIpc) is 3.70. The summed E-state index contributed by atoms with van der Waals surface area (Å²) < 4.78 is 67.7. The molecule has 0 fully saturated rings. The second-order valence-electron chi connectivity index (χ2n) is 25.0. The number of carbonyl (C=O) groups is 4. The van der Waals surface area contributed by atoms with Crippen molar-refractivity contribution in [2.24, 2.45) is 5.92 Å². The van der Waals surface area contributed by atoms with E-state index >= 15 is 0 Å². The Kier molecular flexibility index (Phi) is 60.2. The number of rotatable bonds is 68. The predicted octanol–water partition coefficient (Wildman–Crippen LogP) is 19.4. The third kappa shape index (κ3) is 62.6. The number of hydrogen-bond acceptors (Lipinski definition) is 15. The zero-order valence-corrected chi connectivity index (χ0v) is 57.9. The molecule has 0 aromatic carbocycles. The van der Waals surface area contributed by atoms with Gasteiger partial charge in [0.25, 0.3) is 0 Å². The van der Waals surface area contributed by atoms with Crippen molar-refractivity contribution in [3.63, 3.8) is 0 Å². The SMILES string of the molecule is CCCCCCCCCCCCCCCCCCCCCCCC(=O)O[C@H](COC(=O)CCCCCCCCCCCCCCCC(C)C)COP(=O)(O)OC[C@@H](O)COP(=O)(O)OC[C@@H](COC(=O)CCCCCCC)OC(=O)CCCCCCC. The average molecular weight is 1280 g/mol. The van der Waals surface area contributed by atoms with Crippen LogP contribution in [0.4, 0.5) is 0 Å². The molecule has 87 heavy (non-hydrogen) atoms. The summed E-state index contributed by atoms with van der Waals surface area (Å²) >= 11 is 0. The molecule has 17 nitrogen and oxygen atoms in total. The van der Waals surface area contributed by atoms with Crippen LogP contribution in [0.2, 0.25) is 0 Å². The van der Waals surface area contributed by atoms with Gasteiger partial charge in [0.1, 0.15) is 19.3 Å². The van der Waals surface area contributed by atoms with Gasteiger partial charge >= 0.3 is 39.5 Å². The van der Waals surface area contributed by atoms with Gasteiger partial charge in [-0.15, -0.1) is 0 Å². The standard InChI is InChI=1S/C68H132O17P2/c1-6-9-12-15-16-17-18-19-20-21-22-23-24-25-26-29-33-36-39-44-49-54-68(73)85-64(58-79-66(71)52-47-43-38-35-32-30-27-28-31-34-37-42-45-50-61(4)5)60-83-87(76,77)81-56-62(69)55-80-86(74,75)82-59-63(84-67(72)53-48-41-14-11-8-3)57-78-65(70)51-46-40-13-10-7-2/h61-64,69H,6-60H2,1-5H3,(H,74,75)(H,76,77)/t62-,63+,64+/m0/s1. The van der Waals surface area contributed by atoms with Crippen molar-refractivity contribution in [3.8, 4) is 0 Å². The molecule has 0 aliphatic heterocycles. The predicted molar refractivity (Wildman–Crippen MR) is 349 cm³/mol. The fourth-order valence-electron chi connectivity index (χ4n) is 10.3. The van der Waals surface area contributed by atoms with E-state index in [-0.39, 0.29) is 25.7 Å². The second kappa shape index (κ2) is 61.6. The first-order valence-corrected chi connectivity index (χ1v) is 38.6. The monoisotopic (exact) mass is 1280 g/mol. The van der Waals surface area contributed by atoms with Crippen LogP contribution < -0.4 is 0 Å². The lowest BCUT2D eigenvalue weighted by Crippen LogP contribution is -2.30. The van der Waals surface area contributed by atoms with Gasteiger partial charge < -0.3 is 33.8 Å². The lowest BCUT2D eigenvalue weighted by Gasteiger charge is -2.21. The third-order valence-corrected chi connectivity index (χ3v) is 17.7. The Bertz CT molecular complexity index is 1690. The van der Waals surface area contributed by atoms with Crippen LogP contribution in [-0.4, -0.2) is 96.7 Å². The molecule has 19 heteroatoms. The minimum atomic E-state index is -4.95. The van der Waals surface area contributed by atoms with Gasteiger partial charge in [-0.05, 0) is 31.6 Å². The van der Waals surface area contributed by atoms with E-state index in [0.29, 0.717) is 25.7 Å². The molecule has 0 heterocycles. The van der Waals surface area contributed by atoms with Crippen LogP contribution in [0, 0.1) is 5.92 Å². The van der Waals surface area contributed by atoms with Crippen LogP contribution in [-0.2, 0) is 65.4 Å². The van der Waals surface area contributed by atoms with Crippen molar-refractivity contribution in [2.45, 2.75) is 368 Å². The maximum atomic E-state index is 13.0. The van der Waals surface area contributed by atoms with E-state index < -0.39 is 97.5 Å². The van der Waals surface area contributed by atoms with Gasteiger partial charge in [0.05, 0.1) is 26.4 Å². The number of phosphoric acid groups is 2.